The number of nitrogens with one attached hydrogen (secondary N) is 2. The number of benzene rings is 1. The molecule has 1 amide bonds. The maximum atomic E-state index is 12.4. The van der Waals surface area contributed by atoms with E-state index in [0.717, 1.165) is 41.3 Å². The van der Waals surface area contributed by atoms with Gasteiger partial charge >= 0.3 is 0 Å². The quantitative estimate of drug-likeness (QED) is 0.799. The average Bonchev–Trinajstić information content (AvgIpc) is 2.95. The number of hydrogen-bond donors (Lipinski definition) is 2. The Morgan fingerprint density at radius 3 is 2.64 bits per heavy atom. The van der Waals surface area contributed by atoms with Gasteiger partial charge in [-0.1, -0.05) is 31.2 Å². The van der Waals surface area contributed by atoms with Crippen LogP contribution >= 0.6 is 15.9 Å². The fourth-order valence-electron chi connectivity index (χ4n) is 3.17. The highest BCUT2D eigenvalue weighted by Crippen LogP contribution is 2.20. The van der Waals surface area contributed by atoms with Crippen molar-refractivity contribution < 1.29 is 4.79 Å². The van der Waals surface area contributed by atoms with Crippen LogP contribution in [0.3, 0.4) is 0 Å². The number of halogens is 1. The van der Waals surface area contributed by atoms with Crippen molar-refractivity contribution in [3.63, 3.8) is 0 Å². The topological polar surface area (TPSA) is 61.0 Å². The number of likely N-dealkylation sites (tertiary alicyclic amines) is 1. The second-order valence-electron chi connectivity index (χ2n) is 6.92. The van der Waals surface area contributed by atoms with Crippen LogP contribution in [0.4, 0.5) is 0 Å². The number of amides is 1. The first kappa shape index (κ1) is 18.1. The molecule has 0 aliphatic carbocycles. The van der Waals surface area contributed by atoms with Crippen LogP contribution in [0.25, 0.3) is 0 Å². The number of carbonyl (C=O) groups is 1. The molecule has 5 nitrogen and oxygen atoms in total. The SMILES string of the molecule is Cc1[nH]nc(C(=O)NCc2ccccc2CN2CCC(C)CC2)c1Br. The number of aromatic amines is 1. The number of carbonyl (C=O) groups excluding carboxylic acids is 1. The van der Waals surface area contributed by atoms with E-state index in [4.69, 9.17) is 0 Å². The Balaban J connectivity index is 1.63. The number of hydrogen-bond acceptors (Lipinski definition) is 3. The Kier molecular flexibility index (Phi) is 5.91. The minimum Gasteiger partial charge on any atom is -0.347 e. The van der Waals surface area contributed by atoms with E-state index < -0.39 is 0 Å². The van der Waals surface area contributed by atoms with E-state index >= 15 is 0 Å². The van der Waals surface area contributed by atoms with Gasteiger partial charge < -0.3 is 5.32 Å². The molecule has 0 atom stereocenters. The smallest absolute Gasteiger partial charge is 0.273 e. The number of H-pyrrole nitrogens is 1. The molecule has 0 unspecified atom stereocenters. The number of nitrogens with zero attached hydrogens (tertiary/aromatic N) is 2. The molecule has 1 aliphatic rings. The molecule has 3 rings (SSSR count). The monoisotopic (exact) mass is 404 g/mol. The predicted octanol–water partition coefficient (Wildman–Crippen LogP) is 3.64. The minimum atomic E-state index is -0.169. The molecule has 0 bridgehead atoms. The van der Waals surface area contributed by atoms with Gasteiger partial charge in [-0.15, -0.1) is 0 Å². The van der Waals surface area contributed by atoms with Crippen molar-refractivity contribution in [3.05, 3.63) is 51.3 Å². The maximum absolute atomic E-state index is 12.4. The summed E-state index contributed by atoms with van der Waals surface area (Å²) in [5.41, 5.74) is 3.71. The van der Waals surface area contributed by atoms with E-state index in [9.17, 15) is 4.79 Å². The fraction of sp³-hybridized carbons (Fsp3) is 0.474. The molecule has 1 saturated heterocycles. The number of rotatable bonds is 5. The van der Waals surface area contributed by atoms with E-state index in [1.807, 2.05) is 13.0 Å². The lowest BCUT2D eigenvalue weighted by atomic mass is 9.98. The first-order chi connectivity index (χ1) is 12.0. The summed E-state index contributed by atoms with van der Waals surface area (Å²) in [7, 11) is 0. The second-order valence-corrected chi connectivity index (χ2v) is 7.71. The molecule has 25 heavy (non-hydrogen) atoms. The van der Waals surface area contributed by atoms with Crippen LogP contribution in [-0.4, -0.2) is 34.1 Å². The van der Waals surface area contributed by atoms with Crippen molar-refractivity contribution in [2.24, 2.45) is 5.92 Å². The van der Waals surface area contributed by atoms with Gasteiger partial charge in [-0.05, 0) is 65.8 Å². The first-order valence-electron chi connectivity index (χ1n) is 8.82. The van der Waals surface area contributed by atoms with Crippen LogP contribution in [0, 0.1) is 12.8 Å². The largest absolute Gasteiger partial charge is 0.347 e. The Morgan fingerprint density at radius 2 is 2.00 bits per heavy atom. The molecule has 6 heteroatoms. The minimum absolute atomic E-state index is 0.169. The van der Waals surface area contributed by atoms with Gasteiger partial charge in [0.1, 0.15) is 0 Å². The maximum Gasteiger partial charge on any atom is 0.273 e. The Hall–Kier alpha value is -1.66. The summed E-state index contributed by atoms with van der Waals surface area (Å²) in [5.74, 6) is 0.666. The highest BCUT2D eigenvalue weighted by atomic mass is 79.9. The van der Waals surface area contributed by atoms with E-state index in [1.54, 1.807) is 0 Å². The molecule has 0 spiro atoms. The highest BCUT2D eigenvalue weighted by molar-refractivity contribution is 9.10. The summed E-state index contributed by atoms with van der Waals surface area (Å²) in [4.78, 5) is 14.9. The third kappa shape index (κ3) is 4.50. The normalized spacial score (nSPS) is 16.1. The molecular weight excluding hydrogens is 380 g/mol. The van der Waals surface area contributed by atoms with Crippen LogP contribution in [0.2, 0.25) is 0 Å². The van der Waals surface area contributed by atoms with Crippen molar-refractivity contribution in [3.8, 4) is 0 Å². The molecule has 2 N–H and O–H groups in total. The Morgan fingerprint density at radius 1 is 1.32 bits per heavy atom. The van der Waals surface area contributed by atoms with Gasteiger partial charge in [0.05, 0.1) is 4.47 Å². The lowest BCUT2D eigenvalue weighted by Crippen LogP contribution is -2.33. The zero-order valence-corrected chi connectivity index (χ0v) is 16.4. The number of aromatic nitrogens is 2. The van der Waals surface area contributed by atoms with Gasteiger partial charge in [0.15, 0.2) is 5.69 Å². The zero-order chi connectivity index (χ0) is 17.8. The van der Waals surface area contributed by atoms with Crippen LogP contribution in [-0.2, 0) is 13.1 Å². The molecular formula is C19H25BrN4O. The molecule has 2 aromatic rings. The number of piperidine rings is 1. The predicted molar refractivity (Wildman–Crippen MR) is 102 cm³/mol. The fourth-order valence-corrected chi connectivity index (χ4v) is 3.53. The summed E-state index contributed by atoms with van der Waals surface area (Å²) < 4.78 is 0.723. The van der Waals surface area contributed by atoms with Gasteiger partial charge in [-0.2, -0.15) is 5.10 Å². The average molecular weight is 405 g/mol. The Bertz CT molecular complexity index is 735. The van der Waals surface area contributed by atoms with Crippen LogP contribution in [0.15, 0.2) is 28.7 Å². The van der Waals surface area contributed by atoms with Crippen LogP contribution in [0.5, 0.6) is 0 Å². The van der Waals surface area contributed by atoms with E-state index in [2.05, 4.69) is 61.5 Å². The van der Waals surface area contributed by atoms with Gasteiger partial charge in [-0.25, -0.2) is 0 Å². The molecule has 134 valence electrons. The summed E-state index contributed by atoms with van der Waals surface area (Å²) in [6.45, 7) is 7.97. The molecule has 1 aromatic carbocycles. The summed E-state index contributed by atoms with van der Waals surface area (Å²) in [5, 5.41) is 9.86. The van der Waals surface area contributed by atoms with Crippen LogP contribution in [0.1, 0.15) is 47.1 Å². The number of aryl methyl sites for hydroxylation is 1. The zero-order valence-electron chi connectivity index (χ0n) is 14.8. The van der Waals surface area contributed by atoms with Gasteiger partial charge in [0.2, 0.25) is 0 Å². The van der Waals surface area contributed by atoms with Gasteiger partial charge in [0.25, 0.3) is 5.91 Å². The van der Waals surface area contributed by atoms with Crippen LogP contribution < -0.4 is 5.32 Å². The van der Waals surface area contributed by atoms with E-state index in [1.165, 1.54) is 18.4 Å². The highest BCUT2D eigenvalue weighted by Gasteiger charge is 2.18. The molecule has 1 aliphatic heterocycles. The third-order valence-electron chi connectivity index (χ3n) is 4.92. The molecule has 0 saturated carbocycles. The lowest BCUT2D eigenvalue weighted by Gasteiger charge is -2.30. The van der Waals surface area contributed by atoms with Gasteiger partial charge in [0, 0.05) is 18.8 Å². The van der Waals surface area contributed by atoms with Crippen molar-refractivity contribution in [2.45, 2.75) is 39.8 Å². The van der Waals surface area contributed by atoms with Crippen molar-refractivity contribution in [2.75, 3.05) is 13.1 Å². The van der Waals surface area contributed by atoms with E-state index in [-0.39, 0.29) is 5.91 Å². The third-order valence-corrected chi connectivity index (χ3v) is 5.89. The molecule has 1 fully saturated rings. The van der Waals surface area contributed by atoms with Crippen molar-refractivity contribution >= 4 is 21.8 Å². The lowest BCUT2D eigenvalue weighted by molar-refractivity contribution is 0.0945. The molecule has 1 aromatic heterocycles. The van der Waals surface area contributed by atoms with Crippen molar-refractivity contribution in [1.82, 2.24) is 20.4 Å². The summed E-state index contributed by atoms with van der Waals surface area (Å²) in [6.07, 6.45) is 2.54. The van der Waals surface area contributed by atoms with Crippen molar-refractivity contribution in [1.29, 1.82) is 0 Å². The standard InChI is InChI=1S/C19H25BrN4O/c1-13-7-9-24(10-8-13)12-16-6-4-3-5-15(16)11-21-19(25)18-17(20)14(2)22-23-18/h3-6,13H,7-12H2,1-2H3,(H,21,25)(H,22,23). The summed E-state index contributed by atoms with van der Waals surface area (Å²) >= 11 is 3.40. The molecule has 2 heterocycles. The second kappa shape index (κ2) is 8.15. The summed E-state index contributed by atoms with van der Waals surface area (Å²) in [6, 6.07) is 8.35. The van der Waals surface area contributed by atoms with E-state index in [0.29, 0.717) is 12.2 Å². The molecule has 0 radical (unpaired) electrons. The van der Waals surface area contributed by atoms with Gasteiger partial charge in [-0.3, -0.25) is 14.8 Å². The first-order valence-corrected chi connectivity index (χ1v) is 9.61. The Labute approximate surface area is 157 Å².